The van der Waals surface area contributed by atoms with E-state index in [0.29, 0.717) is 24.5 Å². The van der Waals surface area contributed by atoms with Crippen LogP contribution in [-0.2, 0) is 16.0 Å². The van der Waals surface area contributed by atoms with Crippen LogP contribution < -0.4 is 5.32 Å². The molecule has 2 amide bonds. The molecule has 138 valence electrons. The van der Waals surface area contributed by atoms with Gasteiger partial charge in [0.25, 0.3) is 0 Å². The van der Waals surface area contributed by atoms with Gasteiger partial charge in [-0.25, -0.2) is 0 Å². The van der Waals surface area contributed by atoms with Crippen LogP contribution >= 0.6 is 11.6 Å². The quantitative estimate of drug-likeness (QED) is 0.869. The van der Waals surface area contributed by atoms with Crippen LogP contribution in [0.4, 0.5) is 5.69 Å². The van der Waals surface area contributed by atoms with Gasteiger partial charge in [-0.3, -0.25) is 9.59 Å². The molecule has 5 heteroatoms. The first-order valence-electron chi connectivity index (χ1n) is 9.24. The molecule has 1 fully saturated rings. The van der Waals surface area contributed by atoms with Gasteiger partial charge in [0.2, 0.25) is 11.8 Å². The Balaban J connectivity index is 1.40. The van der Waals surface area contributed by atoms with Gasteiger partial charge >= 0.3 is 0 Å². The highest BCUT2D eigenvalue weighted by atomic mass is 35.5. The summed E-state index contributed by atoms with van der Waals surface area (Å²) >= 11 is 5.88. The summed E-state index contributed by atoms with van der Waals surface area (Å²) in [7, 11) is 0. The number of amides is 2. The molecular formula is C22H21ClN2O2. The van der Waals surface area contributed by atoms with Crippen LogP contribution in [0.2, 0.25) is 5.02 Å². The fourth-order valence-corrected chi connectivity index (χ4v) is 3.90. The van der Waals surface area contributed by atoms with Crippen molar-refractivity contribution in [1.82, 2.24) is 4.90 Å². The van der Waals surface area contributed by atoms with Gasteiger partial charge in [0.1, 0.15) is 0 Å². The van der Waals surface area contributed by atoms with Gasteiger partial charge in [-0.15, -0.1) is 0 Å². The van der Waals surface area contributed by atoms with Crippen molar-refractivity contribution in [3.05, 3.63) is 70.3 Å². The molecule has 4 nitrogen and oxygen atoms in total. The van der Waals surface area contributed by atoms with Crippen molar-refractivity contribution in [1.29, 1.82) is 0 Å². The van der Waals surface area contributed by atoms with Crippen molar-refractivity contribution in [3.63, 3.8) is 0 Å². The number of fused-ring (bicyclic) bond motifs is 1. The van der Waals surface area contributed by atoms with E-state index >= 15 is 0 Å². The molecule has 0 aromatic heterocycles. The summed E-state index contributed by atoms with van der Waals surface area (Å²) in [6.07, 6.45) is 4.29. The third-order valence-electron chi connectivity index (χ3n) is 5.23. The highest BCUT2D eigenvalue weighted by Crippen LogP contribution is 2.28. The predicted octanol–water partition coefficient (Wildman–Crippen LogP) is 4.16. The summed E-state index contributed by atoms with van der Waals surface area (Å²) in [6, 6.07) is 15.1. The summed E-state index contributed by atoms with van der Waals surface area (Å²) in [6.45, 7) is 1.17. The van der Waals surface area contributed by atoms with E-state index in [4.69, 9.17) is 11.6 Å². The average Bonchev–Trinajstić information content (AvgIpc) is 3.13. The number of hydrogen-bond acceptors (Lipinski definition) is 2. The number of rotatable bonds is 3. The molecule has 2 aromatic rings. The molecule has 1 heterocycles. The number of piperidine rings is 1. The van der Waals surface area contributed by atoms with Gasteiger partial charge in [-0.1, -0.05) is 35.9 Å². The molecule has 1 saturated heterocycles. The average molecular weight is 381 g/mol. The highest BCUT2D eigenvalue weighted by molar-refractivity contribution is 6.30. The number of nitrogens with zero attached hydrogens (tertiary/aromatic N) is 1. The molecule has 0 saturated carbocycles. The maximum absolute atomic E-state index is 12.9. The number of carbonyl (C=O) groups excluding carboxylic acids is 2. The molecular weight excluding hydrogens is 360 g/mol. The molecule has 0 bridgehead atoms. The van der Waals surface area contributed by atoms with Gasteiger partial charge in [-0.2, -0.15) is 0 Å². The van der Waals surface area contributed by atoms with Gasteiger partial charge in [0, 0.05) is 35.8 Å². The normalized spacial score (nSPS) is 18.6. The van der Waals surface area contributed by atoms with Crippen LogP contribution in [0.15, 0.2) is 54.1 Å². The van der Waals surface area contributed by atoms with E-state index in [1.54, 1.807) is 24.3 Å². The molecule has 1 aliphatic carbocycles. The Morgan fingerprint density at radius 1 is 1.07 bits per heavy atom. The minimum absolute atomic E-state index is 0.0430. The van der Waals surface area contributed by atoms with Crippen LogP contribution in [0.5, 0.6) is 0 Å². The fourth-order valence-electron chi connectivity index (χ4n) is 3.77. The smallest absolute Gasteiger partial charge is 0.250 e. The van der Waals surface area contributed by atoms with Gasteiger partial charge in [0.15, 0.2) is 0 Å². The number of hydrogen-bond donors (Lipinski definition) is 1. The molecule has 2 aromatic carbocycles. The van der Waals surface area contributed by atoms with E-state index in [0.717, 1.165) is 29.7 Å². The molecule has 0 spiro atoms. The van der Waals surface area contributed by atoms with Crippen molar-refractivity contribution in [2.75, 3.05) is 18.4 Å². The summed E-state index contributed by atoms with van der Waals surface area (Å²) in [5.41, 5.74) is 3.85. The first-order chi connectivity index (χ1) is 13.1. The van der Waals surface area contributed by atoms with Crippen LogP contribution in [0.1, 0.15) is 24.0 Å². The Bertz CT molecular complexity index is 905. The number of halogens is 1. The monoisotopic (exact) mass is 380 g/mol. The maximum Gasteiger partial charge on any atom is 0.250 e. The molecule has 1 N–H and O–H groups in total. The Morgan fingerprint density at radius 3 is 2.63 bits per heavy atom. The van der Waals surface area contributed by atoms with Gasteiger partial charge in [-0.05, 0) is 54.3 Å². The minimum atomic E-state index is -0.192. The summed E-state index contributed by atoms with van der Waals surface area (Å²) < 4.78 is 0. The largest absolute Gasteiger partial charge is 0.338 e. The second-order valence-electron chi connectivity index (χ2n) is 7.13. The molecule has 27 heavy (non-hydrogen) atoms. The van der Waals surface area contributed by atoms with Crippen LogP contribution in [0, 0.1) is 5.92 Å². The van der Waals surface area contributed by atoms with Gasteiger partial charge < -0.3 is 10.2 Å². The number of likely N-dealkylation sites (tertiary alicyclic amines) is 1. The van der Waals surface area contributed by atoms with Gasteiger partial charge in [0.05, 0.1) is 5.92 Å². The van der Waals surface area contributed by atoms with Crippen LogP contribution in [-0.4, -0.2) is 29.8 Å². The number of carbonyl (C=O) groups is 2. The molecule has 0 radical (unpaired) electrons. The van der Waals surface area contributed by atoms with E-state index in [1.165, 1.54) is 5.56 Å². The number of benzene rings is 2. The van der Waals surface area contributed by atoms with E-state index in [2.05, 4.69) is 11.4 Å². The Morgan fingerprint density at radius 2 is 1.85 bits per heavy atom. The predicted molar refractivity (Wildman–Crippen MR) is 108 cm³/mol. The van der Waals surface area contributed by atoms with E-state index in [9.17, 15) is 9.59 Å². The topological polar surface area (TPSA) is 49.4 Å². The van der Waals surface area contributed by atoms with E-state index < -0.39 is 0 Å². The third-order valence-corrected chi connectivity index (χ3v) is 5.48. The van der Waals surface area contributed by atoms with Crippen molar-refractivity contribution < 1.29 is 9.59 Å². The summed E-state index contributed by atoms with van der Waals surface area (Å²) in [5.74, 6) is -0.184. The molecule has 1 aliphatic heterocycles. The lowest BCUT2D eigenvalue weighted by Crippen LogP contribution is -2.44. The lowest BCUT2D eigenvalue weighted by atomic mass is 9.96. The minimum Gasteiger partial charge on any atom is -0.338 e. The molecule has 1 atom stereocenters. The first kappa shape index (κ1) is 17.8. The second kappa shape index (κ2) is 7.57. The zero-order valence-corrected chi connectivity index (χ0v) is 15.7. The lowest BCUT2D eigenvalue weighted by molar-refractivity contribution is -0.131. The Kier molecular flexibility index (Phi) is 4.99. The lowest BCUT2D eigenvalue weighted by Gasteiger charge is -2.32. The highest BCUT2D eigenvalue weighted by Gasteiger charge is 2.31. The van der Waals surface area contributed by atoms with Crippen molar-refractivity contribution >= 4 is 35.2 Å². The summed E-state index contributed by atoms with van der Waals surface area (Å²) in [5, 5.41) is 3.56. The van der Waals surface area contributed by atoms with E-state index in [1.807, 2.05) is 29.2 Å². The molecule has 4 rings (SSSR count). The first-order valence-corrected chi connectivity index (χ1v) is 9.62. The SMILES string of the molecule is O=C(Nc1ccc(Cl)cc1)C1CCCN(C(=O)C2=Cc3ccccc3C2)C1. The van der Waals surface area contributed by atoms with Crippen molar-refractivity contribution in [2.45, 2.75) is 19.3 Å². The van der Waals surface area contributed by atoms with Crippen LogP contribution in [0.3, 0.4) is 0 Å². The number of anilines is 1. The zero-order valence-electron chi connectivity index (χ0n) is 15.0. The standard InChI is InChI=1S/C22H21ClN2O2/c23-19-7-9-20(10-8-19)24-21(26)17-6-3-11-25(14-17)22(27)18-12-15-4-1-2-5-16(15)13-18/h1-2,4-5,7-10,12,17H,3,6,11,13-14H2,(H,24,26). The fraction of sp³-hybridized carbons (Fsp3) is 0.273. The Labute approximate surface area is 163 Å². The molecule has 2 aliphatic rings. The van der Waals surface area contributed by atoms with Crippen LogP contribution in [0.25, 0.3) is 6.08 Å². The number of nitrogens with one attached hydrogen (secondary N) is 1. The second-order valence-corrected chi connectivity index (χ2v) is 7.57. The van der Waals surface area contributed by atoms with Crippen molar-refractivity contribution in [2.24, 2.45) is 5.92 Å². The third kappa shape index (κ3) is 3.91. The summed E-state index contributed by atoms with van der Waals surface area (Å²) in [4.78, 5) is 27.4. The van der Waals surface area contributed by atoms with Crippen molar-refractivity contribution in [3.8, 4) is 0 Å². The molecule has 1 unspecified atom stereocenters. The maximum atomic E-state index is 12.9. The Hall–Kier alpha value is -2.59. The van der Waals surface area contributed by atoms with E-state index in [-0.39, 0.29) is 17.7 Å². The zero-order chi connectivity index (χ0) is 18.8.